The quantitative estimate of drug-likeness (QED) is 0.794. The van der Waals surface area contributed by atoms with E-state index in [1.165, 1.54) is 5.56 Å². The Kier molecular flexibility index (Phi) is 6.84. The standard InChI is InChI=1S/C17H28ClNO/c1-6-7-20-16-10-12(3)17(18)14(5)15(16)9-11(2)8-13(4)19/h10-11,13H,6-9,19H2,1-5H3. The lowest BCUT2D eigenvalue weighted by atomic mass is 9.91. The zero-order valence-corrected chi connectivity index (χ0v) is 14.2. The Balaban J connectivity index is 3.04. The van der Waals surface area contributed by atoms with Crippen molar-refractivity contribution in [3.05, 3.63) is 27.8 Å². The molecular formula is C17H28ClNO. The minimum absolute atomic E-state index is 0.228. The van der Waals surface area contributed by atoms with Crippen LogP contribution in [0.1, 0.15) is 50.3 Å². The average molecular weight is 298 g/mol. The molecule has 2 atom stereocenters. The SMILES string of the molecule is CCCOc1cc(C)c(Cl)c(C)c1CC(C)CC(C)N. The summed E-state index contributed by atoms with van der Waals surface area (Å²) in [5.41, 5.74) is 9.37. The van der Waals surface area contributed by atoms with Crippen molar-refractivity contribution in [3.8, 4) is 5.75 Å². The van der Waals surface area contributed by atoms with Gasteiger partial charge in [0.25, 0.3) is 0 Å². The van der Waals surface area contributed by atoms with Gasteiger partial charge in [0.05, 0.1) is 6.61 Å². The summed E-state index contributed by atoms with van der Waals surface area (Å²) in [7, 11) is 0. The maximum absolute atomic E-state index is 6.40. The van der Waals surface area contributed by atoms with Crippen LogP contribution in [0.4, 0.5) is 0 Å². The molecule has 20 heavy (non-hydrogen) atoms. The first-order chi connectivity index (χ1) is 9.36. The first kappa shape index (κ1) is 17.3. The van der Waals surface area contributed by atoms with Crippen LogP contribution in [0.25, 0.3) is 0 Å². The van der Waals surface area contributed by atoms with Crippen molar-refractivity contribution in [3.63, 3.8) is 0 Å². The highest BCUT2D eigenvalue weighted by atomic mass is 35.5. The summed E-state index contributed by atoms with van der Waals surface area (Å²) in [6.45, 7) is 11.3. The second kappa shape index (κ2) is 7.90. The number of hydrogen-bond donors (Lipinski definition) is 1. The predicted molar refractivity (Wildman–Crippen MR) is 87.8 cm³/mol. The van der Waals surface area contributed by atoms with Crippen LogP contribution in [0.2, 0.25) is 5.02 Å². The first-order valence-corrected chi connectivity index (χ1v) is 7.91. The van der Waals surface area contributed by atoms with Crippen LogP contribution in [0, 0.1) is 19.8 Å². The predicted octanol–water partition coefficient (Wildman–Crippen LogP) is 4.66. The fourth-order valence-electron chi connectivity index (χ4n) is 2.62. The highest BCUT2D eigenvalue weighted by molar-refractivity contribution is 6.32. The van der Waals surface area contributed by atoms with Crippen molar-refractivity contribution in [2.45, 2.75) is 59.9 Å². The second-order valence-electron chi connectivity index (χ2n) is 5.98. The van der Waals surface area contributed by atoms with Gasteiger partial charge in [-0.15, -0.1) is 0 Å². The zero-order valence-electron chi connectivity index (χ0n) is 13.4. The van der Waals surface area contributed by atoms with Gasteiger partial charge in [-0.3, -0.25) is 0 Å². The summed E-state index contributed by atoms with van der Waals surface area (Å²) in [5.74, 6) is 1.51. The number of ether oxygens (including phenoxy) is 1. The Bertz CT molecular complexity index is 443. The van der Waals surface area contributed by atoms with Crippen LogP contribution < -0.4 is 10.5 Å². The molecule has 1 rings (SSSR count). The van der Waals surface area contributed by atoms with E-state index < -0.39 is 0 Å². The largest absolute Gasteiger partial charge is 0.493 e. The lowest BCUT2D eigenvalue weighted by molar-refractivity contribution is 0.311. The Labute approximate surface area is 128 Å². The average Bonchev–Trinajstić information content (AvgIpc) is 2.36. The fourth-order valence-corrected chi connectivity index (χ4v) is 2.79. The van der Waals surface area contributed by atoms with Crippen LogP contribution in [0.5, 0.6) is 5.75 Å². The number of aryl methyl sites for hydroxylation is 1. The molecule has 1 aromatic rings. The number of nitrogens with two attached hydrogens (primary N) is 1. The van der Waals surface area contributed by atoms with Gasteiger partial charge in [-0.1, -0.05) is 25.4 Å². The highest BCUT2D eigenvalue weighted by Crippen LogP contribution is 2.34. The van der Waals surface area contributed by atoms with Gasteiger partial charge < -0.3 is 10.5 Å². The molecule has 0 spiro atoms. The third-order valence-corrected chi connectivity index (χ3v) is 4.14. The summed E-state index contributed by atoms with van der Waals surface area (Å²) in [5, 5.41) is 0.858. The molecule has 0 aromatic heterocycles. The van der Waals surface area contributed by atoms with E-state index in [2.05, 4.69) is 33.8 Å². The van der Waals surface area contributed by atoms with Gasteiger partial charge in [-0.05, 0) is 68.7 Å². The smallest absolute Gasteiger partial charge is 0.123 e. The van der Waals surface area contributed by atoms with Crippen molar-refractivity contribution >= 4 is 11.6 Å². The van der Waals surface area contributed by atoms with E-state index in [4.69, 9.17) is 22.1 Å². The topological polar surface area (TPSA) is 35.2 Å². The molecule has 0 aliphatic heterocycles. The van der Waals surface area contributed by atoms with Crippen LogP contribution >= 0.6 is 11.6 Å². The summed E-state index contributed by atoms with van der Waals surface area (Å²) in [4.78, 5) is 0. The zero-order chi connectivity index (χ0) is 15.3. The van der Waals surface area contributed by atoms with Gasteiger partial charge in [-0.2, -0.15) is 0 Å². The molecule has 2 nitrogen and oxygen atoms in total. The van der Waals surface area contributed by atoms with Crippen LogP contribution in [-0.2, 0) is 6.42 Å². The molecule has 0 fully saturated rings. The van der Waals surface area contributed by atoms with Crippen LogP contribution in [0.3, 0.4) is 0 Å². The van der Waals surface area contributed by atoms with Gasteiger partial charge in [0.15, 0.2) is 0 Å². The molecule has 2 unspecified atom stereocenters. The van der Waals surface area contributed by atoms with Crippen molar-refractivity contribution in [2.75, 3.05) is 6.61 Å². The monoisotopic (exact) mass is 297 g/mol. The van der Waals surface area contributed by atoms with Gasteiger partial charge >= 0.3 is 0 Å². The highest BCUT2D eigenvalue weighted by Gasteiger charge is 2.16. The van der Waals surface area contributed by atoms with E-state index in [0.29, 0.717) is 5.92 Å². The maximum atomic E-state index is 6.40. The summed E-state index contributed by atoms with van der Waals surface area (Å²) in [6.07, 6.45) is 2.99. The molecule has 2 N–H and O–H groups in total. The molecule has 0 radical (unpaired) electrons. The van der Waals surface area contributed by atoms with Crippen LogP contribution in [0.15, 0.2) is 6.07 Å². The molecule has 114 valence electrons. The van der Waals surface area contributed by atoms with E-state index in [-0.39, 0.29) is 6.04 Å². The van der Waals surface area contributed by atoms with E-state index in [1.54, 1.807) is 0 Å². The van der Waals surface area contributed by atoms with Gasteiger partial charge in [0, 0.05) is 11.1 Å². The lowest BCUT2D eigenvalue weighted by Gasteiger charge is -2.20. The van der Waals surface area contributed by atoms with E-state index in [1.807, 2.05) is 6.92 Å². The minimum atomic E-state index is 0.228. The maximum Gasteiger partial charge on any atom is 0.123 e. The van der Waals surface area contributed by atoms with Crippen molar-refractivity contribution in [2.24, 2.45) is 11.7 Å². The lowest BCUT2D eigenvalue weighted by Crippen LogP contribution is -2.19. The Morgan fingerprint density at radius 2 is 1.95 bits per heavy atom. The third kappa shape index (κ3) is 4.68. The van der Waals surface area contributed by atoms with E-state index in [0.717, 1.165) is 47.8 Å². The molecule has 1 aromatic carbocycles. The number of halogens is 1. The van der Waals surface area contributed by atoms with Crippen molar-refractivity contribution < 1.29 is 4.74 Å². The fraction of sp³-hybridized carbons (Fsp3) is 0.647. The molecule has 0 saturated heterocycles. The molecule has 0 saturated carbocycles. The Morgan fingerprint density at radius 1 is 1.30 bits per heavy atom. The molecule has 3 heteroatoms. The van der Waals surface area contributed by atoms with E-state index in [9.17, 15) is 0 Å². The molecule has 0 aliphatic carbocycles. The van der Waals surface area contributed by atoms with Crippen molar-refractivity contribution in [1.82, 2.24) is 0 Å². The summed E-state index contributed by atoms with van der Waals surface area (Å²) >= 11 is 6.40. The third-order valence-electron chi connectivity index (χ3n) is 3.56. The summed E-state index contributed by atoms with van der Waals surface area (Å²) in [6, 6.07) is 2.30. The van der Waals surface area contributed by atoms with E-state index >= 15 is 0 Å². The molecular weight excluding hydrogens is 270 g/mol. The molecule has 0 aliphatic rings. The van der Waals surface area contributed by atoms with Gasteiger partial charge in [0.1, 0.15) is 5.75 Å². The van der Waals surface area contributed by atoms with Gasteiger partial charge in [-0.25, -0.2) is 0 Å². The first-order valence-electron chi connectivity index (χ1n) is 7.53. The van der Waals surface area contributed by atoms with Gasteiger partial charge in [0.2, 0.25) is 0 Å². The normalized spacial score (nSPS) is 14.2. The molecule has 0 amide bonds. The Morgan fingerprint density at radius 3 is 2.50 bits per heavy atom. The minimum Gasteiger partial charge on any atom is -0.493 e. The molecule has 0 heterocycles. The number of rotatable bonds is 7. The number of benzene rings is 1. The second-order valence-corrected chi connectivity index (χ2v) is 6.36. The molecule has 0 bridgehead atoms. The summed E-state index contributed by atoms with van der Waals surface area (Å²) < 4.78 is 5.92. The van der Waals surface area contributed by atoms with Crippen molar-refractivity contribution in [1.29, 1.82) is 0 Å². The Hall–Kier alpha value is -0.730. The van der Waals surface area contributed by atoms with Crippen LogP contribution in [-0.4, -0.2) is 12.6 Å². The number of hydrogen-bond acceptors (Lipinski definition) is 2.